The van der Waals surface area contributed by atoms with Crippen molar-refractivity contribution in [1.82, 2.24) is 9.78 Å². The second-order valence-electron chi connectivity index (χ2n) is 4.86. The maximum atomic E-state index is 10.9. The summed E-state index contributed by atoms with van der Waals surface area (Å²) < 4.78 is 6.71. The number of aromatic carboxylic acids is 1. The number of nitrogens with zero attached hydrogens (tertiary/aromatic N) is 2. The summed E-state index contributed by atoms with van der Waals surface area (Å²) in [7, 11) is 1.53. The fourth-order valence-corrected chi connectivity index (χ4v) is 2.31. The Labute approximate surface area is 132 Å². The molecule has 0 fully saturated rings. The predicted molar refractivity (Wildman–Crippen MR) is 84.2 cm³/mol. The normalized spacial score (nSPS) is 10.5. The van der Waals surface area contributed by atoms with Crippen molar-refractivity contribution in [2.45, 2.75) is 0 Å². The first-order valence-corrected chi connectivity index (χ1v) is 6.85. The first-order chi connectivity index (χ1) is 11.1. The van der Waals surface area contributed by atoms with Gasteiger partial charge in [0.25, 0.3) is 0 Å². The fraction of sp³-hybridized carbons (Fsp3) is 0.0588. The van der Waals surface area contributed by atoms with Crippen LogP contribution in [0.4, 0.5) is 0 Å². The Hall–Kier alpha value is -3.28. The number of carboxylic acids is 1. The lowest BCUT2D eigenvalue weighted by atomic mass is 10.1. The van der Waals surface area contributed by atoms with Gasteiger partial charge in [0.2, 0.25) is 0 Å². The average Bonchev–Trinajstić information content (AvgIpc) is 3.04. The van der Waals surface area contributed by atoms with Crippen LogP contribution in [0.5, 0.6) is 11.5 Å². The van der Waals surface area contributed by atoms with Crippen LogP contribution < -0.4 is 4.74 Å². The highest BCUT2D eigenvalue weighted by atomic mass is 16.5. The first kappa shape index (κ1) is 14.6. The highest BCUT2D eigenvalue weighted by Gasteiger charge is 2.13. The fourth-order valence-electron chi connectivity index (χ4n) is 2.31. The molecule has 1 heterocycles. The van der Waals surface area contributed by atoms with Crippen LogP contribution in [0, 0.1) is 0 Å². The smallest absolute Gasteiger partial charge is 0.335 e. The number of aromatic hydroxyl groups is 1. The van der Waals surface area contributed by atoms with Gasteiger partial charge in [-0.1, -0.05) is 0 Å². The van der Waals surface area contributed by atoms with E-state index >= 15 is 0 Å². The molecular formula is C17H14N2O4. The molecule has 0 amide bonds. The van der Waals surface area contributed by atoms with Gasteiger partial charge in [0.15, 0.2) is 0 Å². The minimum Gasteiger partial charge on any atom is -0.507 e. The molecule has 0 aliphatic heterocycles. The predicted octanol–water partition coefficient (Wildman–Crippen LogP) is 2.95. The summed E-state index contributed by atoms with van der Waals surface area (Å²) in [6, 6.07) is 13.1. The molecule has 0 saturated carbocycles. The van der Waals surface area contributed by atoms with Crippen molar-refractivity contribution in [1.29, 1.82) is 0 Å². The summed E-state index contributed by atoms with van der Waals surface area (Å²) in [4.78, 5) is 10.9. The van der Waals surface area contributed by atoms with E-state index in [4.69, 9.17) is 9.84 Å². The molecule has 0 aliphatic rings. The SMILES string of the molecule is COc1ccc(-c2ccnn2-c2ccc(C(=O)O)cc2)c(O)c1. The number of phenols is 1. The number of carboxylic acid groups (broad SMARTS) is 1. The second kappa shape index (κ2) is 5.84. The molecule has 1 aromatic heterocycles. The Morgan fingerprint density at radius 2 is 1.87 bits per heavy atom. The number of hydrogen-bond donors (Lipinski definition) is 2. The number of carbonyl (C=O) groups is 1. The number of phenolic OH excluding ortho intramolecular Hbond substituents is 1. The van der Waals surface area contributed by atoms with E-state index in [1.165, 1.54) is 25.3 Å². The van der Waals surface area contributed by atoms with E-state index in [0.717, 1.165) is 0 Å². The van der Waals surface area contributed by atoms with Crippen molar-refractivity contribution in [3.8, 4) is 28.4 Å². The van der Waals surface area contributed by atoms with Crippen LogP contribution in [0.3, 0.4) is 0 Å². The minimum absolute atomic E-state index is 0.0771. The minimum atomic E-state index is -0.981. The molecular weight excluding hydrogens is 296 g/mol. The highest BCUT2D eigenvalue weighted by molar-refractivity contribution is 5.87. The van der Waals surface area contributed by atoms with E-state index in [-0.39, 0.29) is 11.3 Å². The molecule has 2 aromatic carbocycles. The molecule has 3 rings (SSSR count). The van der Waals surface area contributed by atoms with E-state index < -0.39 is 5.97 Å². The maximum Gasteiger partial charge on any atom is 0.335 e. The Morgan fingerprint density at radius 3 is 2.48 bits per heavy atom. The lowest BCUT2D eigenvalue weighted by molar-refractivity contribution is 0.0697. The Kier molecular flexibility index (Phi) is 3.72. The lowest BCUT2D eigenvalue weighted by Crippen LogP contribution is -2.01. The quantitative estimate of drug-likeness (QED) is 0.774. The summed E-state index contributed by atoms with van der Waals surface area (Å²) in [5.74, 6) is -0.346. The molecule has 0 spiro atoms. The van der Waals surface area contributed by atoms with Crippen molar-refractivity contribution >= 4 is 5.97 Å². The van der Waals surface area contributed by atoms with E-state index in [9.17, 15) is 9.90 Å². The summed E-state index contributed by atoms with van der Waals surface area (Å²) in [6.45, 7) is 0. The zero-order chi connectivity index (χ0) is 16.4. The number of hydrogen-bond acceptors (Lipinski definition) is 4. The van der Waals surface area contributed by atoms with Gasteiger partial charge in [-0.25, -0.2) is 9.48 Å². The van der Waals surface area contributed by atoms with Crippen LogP contribution in [0.25, 0.3) is 16.9 Å². The van der Waals surface area contributed by atoms with Gasteiger partial charge in [0, 0.05) is 11.6 Å². The summed E-state index contributed by atoms with van der Waals surface area (Å²) in [5, 5.41) is 23.4. The molecule has 6 heteroatoms. The van der Waals surface area contributed by atoms with Crippen molar-refractivity contribution in [2.24, 2.45) is 0 Å². The molecule has 0 bridgehead atoms. The van der Waals surface area contributed by atoms with Crippen molar-refractivity contribution in [3.63, 3.8) is 0 Å². The third-order valence-electron chi connectivity index (χ3n) is 3.48. The van der Waals surface area contributed by atoms with Crippen molar-refractivity contribution < 1.29 is 19.7 Å². The van der Waals surface area contributed by atoms with Gasteiger partial charge in [-0.15, -0.1) is 0 Å². The molecule has 0 atom stereocenters. The molecule has 0 aliphatic carbocycles. The molecule has 3 aromatic rings. The van der Waals surface area contributed by atoms with Gasteiger partial charge in [-0.05, 0) is 42.5 Å². The van der Waals surface area contributed by atoms with Crippen molar-refractivity contribution in [3.05, 3.63) is 60.3 Å². The van der Waals surface area contributed by atoms with Crippen LogP contribution in [0.15, 0.2) is 54.7 Å². The molecule has 6 nitrogen and oxygen atoms in total. The summed E-state index contributed by atoms with van der Waals surface area (Å²) in [6.07, 6.45) is 1.62. The van der Waals surface area contributed by atoms with Gasteiger partial charge in [-0.3, -0.25) is 0 Å². The van der Waals surface area contributed by atoms with E-state index in [0.29, 0.717) is 22.7 Å². The van der Waals surface area contributed by atoms with Gasteiger partial charge >= 0.3 is 5.97 Å². The van der Waals surface area contributed by atoms with Crippen LogP contribution in [-0.4, -0.2) is 33.1 Å². The maximum absolute atomic E-state index is 10.9. The number of methoxy groups -OCH3 is 1. The number of aromatic nitrogens is 2. The van der Waals surface area contributed by atoms with Gasteiger partial charge in [0.1, 0.15) is 11.5 Å². The zero-order valence-corrected chi connectivity index (χ0v) is 12.3. The first-order valence-electron chi connectivity index (χ1n) is 6.85. The molecule has 0 radical (unpaired) electrons. The van der Waals surface area contributed by atoms with E-state index in [1.807, 2.05) is 0 Å². The molecule has 2 N–H and O–H groups in total. The van der Waals surface area contributed by atoms with Crippen LogP contribution in [0.2, 0.25) is 0 Å². The highest BCUT2D eigenvalue weighted by Crippen LogP contribution is 2.33. The standard InChI is InChI=1S/C17H14N2O4/c1-23-13-6-7-14(16(20)10-13)15-8-9-18-19(15)12-4-2-11(3-5-12)17(21)22/h2-10,20H,1H3,(H,21,22). The topological polar surface area (TPSA) is 84.6 Å². The molecule has 0 saturated heterocycles. The molecule has 0 unspecified atom stereocenters. The number of benzene rings is 2. The van der Waals surface area contributed by atoms with Crippen LogP contribution in [-0.2, 0) is 0 Å². The Balaban J connectivity index is 2.04. The van der Waals surface area contributed by atoms with E-state index in [2.05, 4.69) is 5.10 Å². The van der Waals surface area contributed by atoms with Crippen molar-refractivity contribution in [2.75, 3.05) is 7.11 Å². The third kappa shape index (κ3) is 2.74. The number of ether oxygens (including phenoxy) is 1. The van der Waals surface area contributed by atoms with Gasteiger partial charge < -0.3 is 14.9 Å². The van der Waals surface area contributed by atoms with Gasteiger partial charge in [-0.2, -0.15) is 5.10 Å². The monoisotopic (exact) mass is 310 g/mol. The molecule has 23 heavy (non-hydrogen) atoms. The Bertz CT molecular complexity index is 853. The lowest BCUT2D eigenvalue weighted by Gasteiger charge is -2.10. The molecule has 116 valence electrons. The average molecular weight is 310 g/mol. The largest absolute Gasteiger partial charge is 0.507 e. The summed E-state index contributed by atoms with van der Waals surface area (Å²) in [5.41, 5.74) is 2.19. The van der Waals surface area contributed by atoms with Gasteiger partial charge in [0.05, 0.1) is 30.3 Å². The Morgan fingerprint density at radius 1 is 1.13 bits per heavy atom. The van der Waals surface area contributed by atoms with Crippen LogP contribution in [0.1, 0.15) is 10.4 Å². The second-order valence-corrected chi connectivity index (χ2v) is 4.86. The third-order valence-corrected chi connectivity index (χ3v) is 3.48. The zero-order valence-electron chi connectivity index (χ0n) is 12.3. The number of rotatable bonds is 4. The summed E-state index contributed by atoms with van der Waals surface area (Å²) >= 11 is 0. The van der Waals surface area contributed by atoms with E-state index in [1.54, 1.807) is 41.2 Å². The van der Waals surface area contributed by atoms with Crippen LogP contribution >= 0.6 is 0 Å².